The van der Waals surface area contributed by atoms with Gasteiger partial charge in [0, 0.05) is 19.6 Å². The van der Waals surface area contributed by atoms with Gasteiger partial charge < -0.3 is 15.0 Å². The van der Waals surface area contributed by atoms with Crippen LogP contribution in [0.5, 0.6) is 0 Å². The van der Waals surface area contributed by atoms with Gasteiger partial charge in [-0.25, -0.2) is 0 Å². The first-order valence-corrected chi connectivity index (χ1v) is 13.2. The standard InChI is InChI=1S/C20H29N2P.CHO.ClH.Ru.H/c1-3-22(4-2)17-15-21-16-18-23(19-11-7-5-8-12-19)20-13-9-6-10-14-20;1-2;;;/h5-14,21H,3-4,15-18H2,1-2H3;1H;1H;;/q;-1;;+1;. The molecule has 0 atom stereocenters. The summed E-state index contributed by atoms with van der Waals surface area (Å²) in [6, 6.07) is 22.0. The van der Waals surface area contributed by atoms with Crippen LogP contribution in [0.25, 0.3) is 0 Å². The number of benzene rings is 2. The molecule has 1 N–H and O–H groups in total. The van der Waals surface area contributed by atoms with E-state index >= 15 is 0 Å². The number of halogens is 1. The van der Waals surface area contributed by atoms with Crippen LogP contribution in [-0.4, -0.2) is 50.6 Å². The minimum absolute atomic E-state index is 0.687. The van der Waals surface area contributed by atoms with Crippen molar-refractivity contribution in [1.82, 2.24) is 10.2 Å². The summed E-state index contributed by atoms with van der Waals surface area (Å²) < 4.78 is 0. The predicted octanol–water partition coefficient (Wildman–Crippen LogP) is 2.93. The van der Waals surface area contributed by atoms with Gasteiger partial charge in [-0.05, 0) is 37.4 Å². The van der Waals surface area contributed by atoms with Crippen molar-refractivity contribution in [3.05, 3.63) is 60.7 Å². The first kappa shape index (κ1) is 26.4. The Balaban J connectivity index is 0.00000158. The number of hydrogen-bond acceptors (Lipinski definition) is 3. The zero-order valence-electron chi connectivity index (χ0n) is 16.2. The van der Waals surface area contributed by atoms with Crippen LogP contribution < -0.4 is 15.9 Å². The number of likely N-dealkylation sites (N-methyl/N-ethyl adjacent to an activating group) is 1. The molecule has 0 aliphatic carbocycles. The van der Waals surface area contributed by atoms with Gasteiger partial charge in [0.25, 0.3) is 0 Å². The van der Waals surface area contributed by atoms with Crippen molar-refractivity contribution in [2.75, 3.05) is 38.9 Å². The summed E-state index contributed by atoms with van der Waals surface area (Å²) in [5.74, 6) is 0. The monoisotopic (exact) mass is 496 g/mol. The Bertz CT molecular complexity index is 519. The van der Waals surface area contributed by atoms with Crippen molar-refractivity contribution in [2.45, 2.75) is 13.8 Å². The summed E-state index contributed by atoms with van der Waals surface area (Å²) in [4.78, 5) is 10.2. The Morgan fingerprint density at radius 1 is 0.889 bits per heavy atom. The molecule has 0 unspecified atom stereocenters. The van der Waals surface area contributed by atoms with E-state index in [4.69, 9.17) is 4.79 Å². The number of nitrogens with one attached hydrogen (secondary N) is 1. The summed E-state index contributed by atoms with van der Waals surface area (Å²) >= 11 is 1.62. The van der Waals surface area contributed by atoms with Crippen molar-refractivity contribution in [3.63, 3.8) is 0 Å². The van der Waals surface area contributed by atoms with Gasteiger partial charge in [0.15, 0.2) is 0 Å². The van der Waals surface area contributed by atoms with E-state index in [-0.39, 0.29) is 0 Å². The van der Waals surface area contributed by atoms with Crippen molar-refractivity contribution in [2.24, 2.45) is 0 Å². The Morgan fingerprint density at radius 2 is 1.33 bits per heavy atom. The van der Waals surface area contributed by atoms with E-state index in [1.807, 2.05) is 0 Å². The molecule has 0 saturated heterocycles. The van der Waals surface area contributed by atoms with Gasteiger partial charge in [0.1, 0.15) is 0 Å². The van der Waals surface area contributed by atoms with Gasteiger partial charge in [-0.3, -0.25) is 6.79 Å². The third-order valence-electron chi connectivity index (χ3n) is 4.30. The van der Waals surface area contributed by atoms with E-state index in [1.54, 1.807) is 17.3 Å². The van der Waals surface area contributed by atoms with Gasteiger partial charge in [-0.15, -0.1) is 0 Å². The maximum atomic E-state index is 7.75. The molecule has 2 aromatic carbocycles. The van der Waals surface area contributed by atoms with Crippen LogP contribution in [0.4, 0.5) is 0 Å². The van der Waals surface area contributed by atoms with Crippen LogP contribution in [0.1, 0.15) is 13.8 Å². The van der Waals surface area contributed by atoms with E-state index in [9.17, 15) is 0 Å². The second-order valence-electron chi connectivity index (χ2n) is 5.74. The third-order valence-corrected chi connectivity index (χ3v) is 7.11. The average Bonchev–Trinajstić information content (AvgIpc) is 2.77. The second-order valence-corrected chi connectivity index (χ2v) is 8.35. The molecule has 0 aromatic heterocycles. The fourth-order valence-electron chi connectivity index (χ4n) is 2.85. The first-order chi connectivity index (χ1) is 13.3. The van der Waals surface area contributed by atoms with Crippen molar-refractivity contribution in [1.29, 1.82) is 0 Å². The van der Waals surface area contributed by atoms with Crippen LogP contribution in [-0.2, 0) is 22.1 Å². The number of hydrogen-bond donors (Lipinski definition) is 1. The van der Waals surface area contributed by atoms with Crippen LogP contribution >= 0.6 is 17.6 Å². The molecule has 2 aromatic rings. The fraction of sp³-hybridized carbons (Fsp3) is 0.381. The molecule has 0 amide bonds. The van der Waals surface area contributed by atoms with Crippen LogP contribution in [0.2, 0.25) is 0 Å². The van der Waals surface area contributed by atoms with E-state index in [2.05, 4.69) is 101 Å². The molecule has 6 heteroatoms. The van der Waals surface area contributed by atoms with Crippen LogP contribution in [0.3, 0.4) is 0 Å². The second kappa shape index (κ2) is 18.7. The molecule has 0 radical (unpaired) electrons. The van der Waals surface area contributed by atoms with Gasteiger partial charge in [0.2, 0.25) is 0 Å². The summed E-state index contributed by atoms with van der Waals surface area (Å²) in [7, 11) is 3.92. The van der Waals surface area contributed by atoms with E-state index in [0.717, 1.165) is 32.7 Å². The van der Waals surface area contributed by atoms with E-state index < -0.39 is 7.92 Å². The number of carbonyl (C=O) groups excluding carboxylic acids is 1. The average molecular weight is 496 g/mol. The maximum absolute atomic E-state index is 7.75. The number of nitrogens with zero attached hydrogens (tertiary/aromatic N) is 1. The minimum atomic E-state index is -0.687. The predicted molar refractivity (Wildman–Crippen MR) is 120 cm³/mol. The molecule has 0 bridgehead atoms. The molecule has 0 heterocycles. The van der Waals surface area contributed by atoms with Crippen molar-refractivity contribution >= 4 is 35.0 Å². The van der Waals surface area contributed by atoms with Crippen LogP contribution in [0, 0.1) is 0 Å². The first-order valence-electron chi connectivity index (χ1n) is 9.12. The molecular weight excluding hydrogens is 464 g/mol. The summed E-state index contributed by atoms with van der Waals surface area (Å²) in [5.41, 5.74) is 0. The molecule has 0 spiro atoms. The Hall–Kier alpha value is -0.627. The molecule has 152 valence electrons. The third kappa shape index (κ3) is 11.1. The Labute approximate surface area is 180 Å². The Kier molecular flexibility index (Phi) is 18.3. The van der Waals surface area contributed by atoms with Crippen molar-refractivity contribution in [3.8, 4) is 0 Å². The van der Waals surface area contributed by atoms with Gasteiger partial charge >= 0.3 is 27.0 Å². The molecule has 3 nitrogen and oxygen atoms in total. The Morgan fingerprint density at radius 3 is 1.74 bits per heavy atom. The molecule has 0 aliphatic heterocycles. The van der Waals surface area contributed by atoms with Gasteiger partial charge in [-0.1, -0.05) is 50.2 Å². The summed E-state index contributed by atoms with van der Waals surface area (Å²) in [5, 5.41) is 6.66. The molecule has 27 heavy (non-hydrogen) atoms. The SMILES string of the molecule is CCN(CC)CCNCC[PH+](c1ccccc1)c1ccccc1.[CH-]=O.[Cl][RuH]. The molecule has 0 saturated carbocycles. The van der Waals surface area contributed by atoms with Crippen LogP contribution in [0.15, 0.2) is 60.7 Å². The molecule has 2 rings (SSSR count). The number of rotatable bonds is 10. The van der Waals surface area contributed by atoms with Gasteiger partial charge in [-0.2, -0.15) is 0 Å². The zero-order chi connectivity index (χ0) is 20.3. The summed E-state index contributed by atoms with van der Waals surface area (Å²) in [6.45, 7) is 13.3. The summed E-state index contributed by atoms with van der Waals surface area (Å²) in [6.07, 6.45) is 1.23. The van der Waals surface area contributed by atoms with Gasteiger partial charge in [0.05, 0.1) is 24.7 Å². The molecule has 0 fully saturated rings. The fourth-order valence-corrected chi connectivity index (χ4v) is 5.38. The normalized spacial score (nSPS) is 10.0. The zero-order valence-corrected chi connectivity index (χ0v) is 19.8. The van der Waals surface area contributed by atoms with E-state index in [0.29, 0.717) is 0 Å². The quantitative estimate of drug-likeness (QED) is 0.181. The topological polar surface area (TPSA) is 32.3 Å². The molecular formula is C21H32ClN2OPRu. The molecule has 0 aliphatic rings. The van der Waals surface area contributed by atoms with E-state index in [1.165, 1.54) is 16.8 Å². The van der Waals surface area contributed by atoms with Crippen molar-refractivity contribution < 1.29 is 22.1 Å².